The van der Waals surface area contributed by atoms with Crippen LogP contribution in [0.5, 0.6) is 0 Å². The monoisotopic (exact) mass is 295 g/mol. The van der Waals surface area contributed by atoms with Gasteiger partial charge in [-0.25, -0.2) is 9.78 Å². The highest BCUT2D eigenvalue weighted by atomic mass is 79.9. The van der Waals surface area contributed by atoms with Crippen LogP contribution in [-0.2, 0) is 6.54 Å². The minimum absolute atomic E-state index is 0.0294. The number of hydrogen-bond donors (Lipinski definition) is 3. The van der Waals surface area contributed by atoms with Crippen molar-refractivity contribution in [1.29, 1.82) is 0 Å². The molecule has 0 saturated carbocycles. The SMILES string of the molecule is NCc1[nH]c(-c2ccccc2Br)nc1C(=O)O. The third-order valence-corrected chi connectivity index (χ3v) is 3.01. The number of hydrogen-bond acceptors (Lipinski definition) is 3. The summed E-state index contributed by atoms with van der Waals surface area (Å²) >= 11 is 3.39. The summed E-state index contributed by atoms with van der Waals surface area (Å²) in [5.41, 5.74) is 6.66. The van der Waals surface area contributed by atoms with E-state index in [9.17, 15) is 4.79 Å². The van der Waals surface area contributed by atoms with Gasteiger partial charge >= 0.3 is 5.97 Å². The Morgan fingerprint density at radius 2 is 2.18 bits per heavy atom. The van der Waals surface area contributed by atoms with Crippen LogP contribution in [0.25, 0.3) is 11.4 Å². The standard InChI is InChI=1S/C11H10BrN3O2/c12-7-4-2-1-3-6(7)10-14-8(5-13)9(15-10)11(16)17/h1-4H,5,13H2,(H,14,15)(H,16,17). The third kappa shape index (κ3) is 2.22. The Labute approximate surface area is 106 Å². The lowest BCUT2D eigenvalue weighted by Gasteiger charge is -1.99. The number of carboxylic acids is 1. The number of carbonyl (C=O) groups is 1. The fourth-order valence-electron chi connectivity index (χ4n) is 1.51. The number of aromatic nitrogens is 2. The lowest BCUT2D eigenvalue weighted by Crippen LogP contribution is -2.06. The molecule has 0 radical (unpaired) electrons. The number of rotatable bonds is 3. The number of nitrogens with zero attached hydrogens (tertiary/aromatic N) is 1. The molecule has 88 valence electrons. The molecule has 17 heavy (non-hydrogen) atoms. The molecule has 0 atom stereocenters. The molecule has 5 nitrogen and oxygen atoms in total. The quantitative estimate of drug-likeness (QED) is 0.807. The molecular weight excluding hydrogens is 286 g/mol. The van der Waals surface area contributed by atoms with Crippen LogP contribution in [0.15, 0.2) is 28.7 Å². The smallest absolute Gasteiger partial charge is 0.356 e. The number of nitrogens with two attached hydrogens (primary N) is 1. The van der Waals surface area contributed by atoms with Crippen molar-refractivity contribution < 1.29 is 9.90 Å². The van der Waals surface area contributed by atoms with Crippen LogP contribution in [-0.4, -0.2) is 21.0 Å². The maximum absolute atomic E-state index is 11.0. The summed E-state index contributed by atoms with van der Waals surface area (Å²) in [4.78, 5) is 17.9. The lowest BCUT2D eigenvalue weighted by molar-refractivity contribution is 0.0690. The molecule has 0 unspecified atom stereocenters. The van der Waals surface area contributed by atoms with Gasteiger partial charge in [0.25, 0.3) is 0 Å². The van der Waals surface area contributed by atoms with E-state index in [1.54, 1.807) is 0 Å². The molecule has 0 amide bonds. The second kappa shape index (κ2) is 4.68. The summed E-state index contributed by atoms with van der Waals surface area (Å²) in [6.45, 7) is 0.110. The molecule has 0 aliphatic carbocycles. The van der Waals surface area contributed by atoms with Crippen molar-refractivity contribution in [2.75, 3.05) is 0 Å². The van der Waals surface area contributed by atoms with Gasteiger partial charge in [-0.05, 0) is 6.07 Å². The second-order valence-electron chi connectivity index (χ2n) is 3.40. The second-order valence-corrected chi connectivity index (χ2v) is 4.26. The van der Waals surface area contributed by atoms with Gasteiger partial charge in [-0.3, -0.25) is 0 Å². The van der Waals surface area contributed by atoms with E-state index in [-0.39, 0.29) is 12.2 Å². The van der Waals surface area contributed by atoms with Crippen molar-refractivity contribution in [1.82, 2.24) is 9.97 Å². The van der Waals surface area contributed by atoms with Crippen LogP contribution in [0.4, 0.5) is 0 Å². The number of carboxylic acid groups (broad SMARTS) is 1. The van der Waals surface area contributed by atoms with Crippen LogP contribution in [0.2, 0.25) is 0 Å². The molecular formula is C11H10BrN3O2. The highest BCUT2D eigenvalue weighted by Gasteiger charge is 2.17. The number of nitrogens with one attached hydrogen (secondary N) is 1. The Morgan fingerprint density at radius 3 is 2.71 bits per heavy atom. The molecule has 0 fully saturated rings. The van der Waals surface area contributed by atoms with Crippen LogP contribution in [0.1, 0.15) is 16.2 Å². The van der Waals surface area contributed by atoms with E-state index in [0.717, 1.165) is 10.0 Å². The van der Waals surface area contributed by atoms with Crippen molar-refractivity contribution >= 4 is 21.9 Å². The van der Waals surface area contributed by atoms with Crippen molar-refractivity contribution in [3.63, 3.8) is 0 Å². The molecule has 2 rings (SSSR count). The summed E-state index contributed by atoms with van der Waals surface area (Å²) in [6, 6.07) is 7.43. The molecule has 1 heterocycles. The molecule has 4 N–H and O–H groups in total. The first-order valence-corrected chi connectivity index (χ1v) is 5.70. The van der Waals surface area contributed by atoms with E-state index in [2.05, 4.69) is 25.9 Å². The Hall–Kier alpha value is -1.66. The van der Waals surface area contributed by atoms with E-state index in [1.807, 2.05) is 24.3 Å². The maximum Gasteiger partial charge on any atom is 0.356 e. The predicted molar refractivity (Wildman–Crippen MR) is 66.6 cm³/mol. The number of aromatic amines is 1. The van der Waals surface area contributed by atoms with Gasteiger partial charge < -0.3 is 15.8 Å². The van der Waals surface area contributed by atoms with Crippen LogP contribution in [0, 0.1) is 0 Å². The van der Waals surface area contributed by atoms with Gasteiger partial charge in [-0.15, -0.1) is 0 Å². The van der Waals surface area contributed by atoms with E-state index in [0.29, 0.717) is 11.5 Å². The first-order chi connectivity index (χ1) is 8.13. The van der Waals surface area contributed by atoms with Gasteiger partial charge in [-0.1, -0.05) is 34.1 Å². The Morgan fingerprint density at radius 1 is 1.47 bits per heavy atom. The Kier molecular flexibility index (Phi) is 3.26. The first-order valence-electron chi connectivity index (χ1n) is 4.90. The third-order valence-electron chi connectivity index (χ3n) is 2.31. The van der Waals surface area contributed by atoms with Crippen LogP contribution < -0.4 is 5.73 Å². The number of halogens is 1. The minimum Gasteiger partial charge on any atom is -0.476 e. The number of H-pyrrole nitrogens is 1. The molecule has 1 aromatic carbocycles. The average molecular weight is 296 g/mol. The number of imidazole rings is 1. The minimum atomic E-state index is -1.08. The molecule has 0 aliphatic rings. The summed E-state index contributed by atoms with van der Waals surface area (Å²) in [5, 5.41) is 8.98. The fourth-order valence-corrected chi connectivity index (χ4v) is 1.99. The van der Waals surface area contributed by atoms with E-state index in [4.69, 9.17) is 10.8 Å². The molecule has 1 aromatic heterocycles. The van der Waals surface area contributed by atoms with E-state index < -0.39 is 5.97 Å². The Balaban J connectivity index is 2.54. The highest BCUT2D eigenvalue weighted by Crippen LogP contribution is 2.26. The van der Waals surface area contributed by atoms with Crippen molar-refractivity contribution in [2.24, 2.45) is 5.73 Å². The largest absolute Gasteiger partial charge is 0.476 e. The predicted octanol–water partition coefficient (Wildman–Crippen LogP) is 2.00. The van der Waals surface area contributed by atoms with Crippen molar-refractivity contribution in [3.05, 3.63) is 40.1 Å². The summed E-state index contributed by atoms with van der Waals surface area (Å²) in [7, 11) is 0. The molecule has 0 spiro atoms. The lowest BCUT2D eigenvalue weighted by atomic mass is 10.2. The molecule has 2 aromatic rings. The average Bonchev–Trinajstić information content (AvgIpc) is 2.73. The highest BCUT2D eigenvalue weighted by molar-refractivity contribution is 9.10. The van der Waals surface area contributed by atoms with Gasteiger partial charge in [0, 0.05) is 16.6 Å². The van der Waals surface area contributed by atoms with Crippen molar-refractivity contribution in [3.8, 4) is 11.4 Å². The van der Waals surface area contributed by atoms with Gasteiger partial charge in [-0.2, -0.15) is 0 Å². The zero-order chi connectivity index (χ0) is 12.4. The number of benzene rings is 1. The maximum atomic E-state index is 11.0. The molecule has 0 bridgehead atoms. The Bertz CT molecular complexity index is 566. The summed E-state index contributed by atoms with van der Waals surface area (Å²) in [6.07, 6.45) is 0. The van der Waals surface area contributed by atoms with E-state index >= 15 is 0 Å². The number of aromatic carboxylic acids is 1. The molecule has 0 aliphatic heterocycles. The van der Waals surface area contributed by atoms with E-state index in [1.165, 1.54) is 0 Å². The topological polar surface area (TPSA) is 92.0 Å². The van der Waals surface area contributed by atoms with Crippen molar-refractivity contribution in [2.45, 2.75) is 6.54 Å². The normalized spacial score (nSPS) is 10.5. The fraction of sp³-hybridized carbons (Fsp3) is 0.0909. The molecule has 0 saturated heterocycles. The van der Waals surface area contributed by atoms with Gasteiger partial charge in [0.1, 0.15) is 5.82 Å². The van der Waals surface area contributed by atoms with Crippen LogP contribution >= 0.6 is 15.9 Å². The van der Waals surface area contributed by atoms with Gasteiger partial charge in [0.05, 0.1) is 5.69 Å². The zero-order valence-corrected chi connectivity index (χ0v) is 10.4. The molecule has 6 heteroatoms. The van der Waals surface area contributed by atoms with Gasteiger partial charge in [0.15, 0.2) is 5.69 Å². The summed E-state index contributed by atoms with van der Waals surface area (Å²) < 4.78 is 0.842. The van der Waals surface area contributed by atoms with Gasteiger partial charge in [0.2, 0.25) is 0 Å². The first kappa shape index (κ1) is 11.8. The summed E-state index contributed by atoms with van der Waals surface area (Å²) in [5.74, 6) is -0.588. The van der Waals surface area contributed by atoms with Crippen LogP contribution in [0.3, 0.4) is 0 Å². The zero-order valence-electron chi connectivity index (χ0n) is 8.77.